The van der Waals surface area contributed by atoms with Crippen LogP contribution in [0.1, 0.15) is 20.8 Å². The molecule has 1 aromatic heterocycles. The zero-order chi connectivity index (χ0) is 18.0. The number of rotatable bonds is 3. The number of nitrogens with one attached hydrogen (secondary N) is 1. The molecule has 1 amide bonds. The molecule has 0 bridgehead atoms. The van der Waals surface area contributed by atoms with Gasteiger partial charge in [-0.3, -0.25) is 9.78 Å². The highest BCUT2D eigenvalue weighted by Gasteiger charge is 2.22. The zero-order valence-electron chi connectivity index (χ0n) is 14.3. The third-order valence-corrected chi connectivity index (χ3v) is 5.04. The van der Waals surface area contributed by atoms with E-state index in [-0.39, 0.29) is 5.91 Å². The molecule has 0 aliphatic carbocycles. The maximum absolute atomic E-state index is 12.3. The second kappa shape index (κ2) is 7.06. The summed E-state index contributed by atoms with van der Waals surface area (Å²) in [6.45, 7) is 5.67. The van der Waals surface area contributed by atoms with Gasteiger partial charge in [-0.05, 0) is 42.5 Å². The molecule has 0 atom stereocenters. The second-order valence-corrected chi connectivity index (χ2v) is 8.32. The van der Waals surface area contributed by atoms with Crippen molar-refractivity contribution in [3.8, 4) is 0 Å². The van der Waals surface area contributed by atoms with Crippen LogP contribution in [0.4, 0.5) is 5.69 Å². The maximum Gasteiger partial charge on any atom is 0.229 e. The number of pyridine rings is 1. The average Bonchev–Trinajstić information content (AvgIpc) is 2.58. The molecule has 5 heteroatoms. The van der Waals surface area contributed by atoms with Crippen LogP contribution in [0.3, 0.4) is 0 Å². The molecule has 0 aliphatic heterocycles. The number of fused-ring (bicyclic) bond motifs is 1. The smallest absolute Gasteiger partial charge is 0.229 e. The topological polar surface area (TPSA) is 42.0 Å². The fourth-order valence-electron chi connectivity index (χ4n) is 2.28. The van der Waals surface area contributed by atoms with Gasteiger partial charge in [-0.25, -0.2) is 0 Å². The molecule has 3 rings (SSSR count). The van der Waals surface area contributed by atoms with Gasteiger partial charge in [-0.2, -0.15) is 0 Å². The molecule has 128 valence electrons. The Labute approximate surface area is 156 Å². The van der Waals surface area contributed by atoms with Crippen molar-refractivity contribution in [3.63, 3.8) is 0 Å². The lowest BCUT2D eigenvalue weighted by molar-refractivity contribution is -0.123. The van der Waals surface area contributed by atoms with E-state index in [0.717, 1.165) is 31.4 Å². The van der Waals surface area contributed by atoms with Crippen molar-refractivity contribution < 1.29 is 4.79 Å². The molecule has 0 saturated carbocycles. The molecule has 0 aliphatic rings. The van der Waals surface area contributed by atoms with Crippen molar-refractivity contribution in [1.82, 2.24) is 4.98 Å². The Hall–Kier alpha value is -2.04. The predicted octanol–water partition coefficient (Wildman–Crippen LogP) is 6.02. The summed E-state index contributed by atoms with van der Waals surface area (Å²) < 4.78 is 0. The van der Waals surface area contributed by atoms with Crippen LogP contribution in [0.5, 0.6) is 0 Å². The fraction of sp³-hybridized carbons (Fsp3) is 0.200. The summed E-state index contributed by atoms with van der Waals surface area (Å²) in [6, 6.07) is 15.6. The van der Waals surface area contributed by atoms with Gasteiger partial charge in [0.15, 0.2) is 0 Å². The van der Waals surface area contributed by atoms with E-state index < -0.39 is 5.41 Å². The summed E-state index contributed by atoms with van der Waals surface area (Å²) in [5.74, 6) is -0.0300. The van der Waals surface area contributed by atoms with E-state index in [1.165, 1.54) is 0 Å². The lowest BCUT2D eigenvalue weighted by Gasteiger charge is -2.19. The van der Waals surface area contributed by atoms with Gasteiger partial charge in [0.25, 0.3) is 0 Å². The molecule has 2 aromatic carbocycles. The van der Waals surface area contributed by atoms with Gasteiger partial charge in [0.05, 0.1) is 11.2 Å². The van der Waals surface area contributed by atoms with Crippen LogP contribution in [0.2, 0.25) is 5.02 Å². The average molecular weight is 371 g/mol. The van der Waals surface area contributed by atoms with Crippen LogP contribution in [0.25, 0.3) is 10.9 Å². The zero-order valence-corrected chi connectivity index (χ0v) is 15.9. The first-order valence-corrected chi connectivity index (χ1v) is 9.17. The summed E-state index contributed by atoms with van der Waals surface area (Å²) >= 11 is 7.60. The summed E-state index contributed by atoms with van der Waals surface area (Å²) in [6.07, 6.45) is 1.74. The molecule has 0 unspecified atom stereocenters. The van der Waals surface area contributed by atoms with Crippen LogP contribution in [-0.4, -0.2) is 10.9 Å². The first-order chi connectivity index (χ1) is 11.8. The highest BCUT2D eigenvalue weighted by Crippen LogP contribution is 2.36. The van der Waals surface area contributed by atoms with Crippen LogP contribution in [-0.2, 0) is 4.79 Å². The van der Waals surface area contributed by atoms with Gasteiger partial charge < -0.3 is 5.32 Å². The number of hydrogen-bond donors (Lipinski definition) is 1. The number of anilines is 1. The van der Waals surface area contributed by atoms with Gasteiger partial charge in [0.1, 0.15) is 0 Å². The van der Waals surface area contributed by atoms with E-state index in [9.17, 15) is 4.79 Å². The number of hydrogen-bond acceptors (Lipinski definition) is 3. The lowest BCUT2D eigenvalue weighted by atomic mass is 9.95. The van der Waals surface area contributed by atoms with Crippen molar-refractivity contribution in [2.75, 3.05) is 5.32 Å². The number of benzene rings is 2. The Kier molecular flexibility index (Phi) is 5.02. The van der Waals surface area contributed by atoms with Gasteiger partial charge in [-0.1, -0.05) is 50.2 Å². The molecule has 1 heterocycles. The minimum Gasteiger partial charge on any atom is -0.324 e. The van der Waals surface area contributed by atoms with Crippen LogP contribution >= 0.6 is 23.4 Å². The van der Waals surface area contributed by atoms with E-state index in [0.29, 0.717) is 0 Å². The Morgan fingerprint density at radius 1 is 1.08 bits per heavy atom. The highest BCUT2D eigenvalue weighted by molar-refractivity contribution is 7.99. The molecular formula is C20H19ClN2OS. The van der Waals surface area contributed by atoms with Gasteiger partial charge in [0, 0.05) is 31.8 Å². The molecule has 0 fully saturated rings. The Bertz CT molecular complexity index is 917. The Morgan fingerprint density at radius 3 is 2.48 bits per heavy atom. The first-order valence-electron chi connectivity index (χ1n) is 7.97. The van der Waals surface area contributed by atoms with E-state index in [2.05, 4.69) is 10.3 Å². The fourth-order valence-corrected chi connectivity index (χ4v) is 3.34. The normalized spacial score (nSPS) is 11.5. The second-order valence-electron chi connectivity index (χ2n) is 6.77. The number of nitrogens with zero attached hydrogens (tertiary/aromatic N) is 1. The third kappa shape index (κ3) is 4.14. The number of amides is 1. The van der Waals surface area contributed by atoms with E-state index in [4.69, 9.17) is 11.6 Å². The number of aromatic nitrogens is 1. The van der Waals surface area contributed by atoms with Gasteiger partial charge in [0.2, 0.25) is 5.91 Å². The van der Waals surface area contributed by atoms with Crippen molar-refractivity contribution >= 4 is 45.9 Å². The summed E-state index contributed by atoms with van der Waals surface area (Å²) in [4.78, 5) is 19.0. The number of carbonyl (C=O) groups is 1. The van der Waals surface area contributed by atoms with Crippen molar-refractivity contribution in [2.24, 2.45) is 5.41 Å². The molecule has 1 N–H and O–H groups in total. The SMILES string of the molecule is CC(C)(C)C(=O)Nc1ccc(Sc2ccc(Cl)cc2)c2cccnc12. The molecule has 0 saturated heterocycles. The molecule has 3 aromatic rings. The molecule has 0 radical (unpaired) electrons. The molecular weight excluding hydrogens is 352 g/mol. The van der Waals surface area contributed by atoms with Crippen molar-refractivity contribution in [1.29, 1.82) is 0 Å². The monoisotopic (exact) mass is 370 g/mol. The van der Waals surface area contributed by atoms with Crippen molar-refractivity contribution in [3.05, 3.63) is 59.8 Å². The summed E-state index contributed by atoms with van der Waals surface area (Å²) in [5, 5.41) is 4.72. The summed E-state index contributed by atoms with van der Waals surface area (Å²) in [5.41, 5.74) is 1.06. The van der Waals surface area contributed by atoms with Gasteiger partial charge in [-0.15, -0.1) is 0 Å². The maximum atomic E-state index is 12.3. The van der Waals surface area contributed by atoms with E-state index >= 15 is 0 Å². The highest BCUT2D eigenvalue weighted by atomic mass is 35.5. The Balaban J connectivity index is 1.98. The van der Waals surface area contributed by atoms with E-state index in [1.54, 1.807) is 18.0 Å². The molecule has 0 spiro atoms. The van der Waals surface area contributed by atoms with E-state index in [1.807, 2.05) is 69.3 Å². The van der Waals surface area contributed by atoms with Gasteiger partial charge >= 0.3 is 0 Å². The quantitative estimate of drug-likeness (QED) is 0.612. The number of halogens is 1. The first kappa shape index (κ1) is 17.8. The largest absolute Gasteiger partial charge is 0.324 e. The minimum absolute atomic E-state index is 0.0300. The Morgan fingerprint density at radius 2 is 1.80 bits per heavy atom. The summed E-state index contributed by atoms with van der Waals surface area (Å²) in [7, 11) is 0. The standard InChI is InChI=1S/C20H19ClN2OS/c1-20(2,3)19(24)23-16-10-11-17(15-5-4-12-22-18(15)16)25-14-8-6-13(21)7-9-14/h4-12H,1-3H3,(H,23,24). The van der Waals surface area contributed by atoms with Crippen LogP contribution < -0.4 is 5.32 Å². The number of carbonyl (C=O) groups excluding carboxylic acids is 1. The predicted molar refractivity (Wildman–Crippen MR) is 105 cm³/mol. The molecule has 3 nitrogen and oxygen atoms in total. The lowest BCUT2D eigenvalue weighted by Crippen LogP contribution is -2.27. The van der Waals surface area contributed by atoms with Crippen LogP contribution in [0, 0.1) is 5.41 Å². The minimum atomic E-state index is -0.460. The molecule has 25 heavy (non-hydrogen) atoms. The third-order valence-electron chi connectivity index (χ3n) is 3.70. The van der Waals surface area contributed by atoms with Crippen LogP contribution in [0.15, 0.2) is 64.5 Å². The van der Waals surface area contributed by atoms with Crippen molar-refractivity contribution in [2.45, 2.75) is 30.6 Å².